The van der Waals surface area contributed by atoms with Crippen LogP contribution in [0.3, 0.4) is 0 Å². The molecule has 0 saturated heterocycles. The lowest BCUT2D eigenvalue weighted by molar-refractivity contribution is 0.413. The molecule has 0 bridgehead atoms. The molecule has 0 spiro atoms. The van der Waals surface area contributed by atoms with Gasteiger partial charge in [-0.1, -0.05) is 56.5 Å². The Kier molecular flexibility index (Phi) is 8.33. The van der Waals surface area contributed by atoms with Gasteiger partial charge in [0.15, 0.2) is 0 Å². The van der Waals surface area contributed by atoms with Gasteiger partial charge in [0.05, 0.1) is 6.54 Å². The van der Waals surface area contributed by atoms with Crippen molar-refractivity contribution in [2.45, 2.75) is 13.8 Å². The van der Waals surface area contributed by atoms with E-state index in [2.05, 4.69) is 26.7 Å². The molecule has 1 unspecified atom stereocenters. The molecule has 0 fully saturated rings. The normalized spacial score (nSPS) is 13.3. The fourth-order valence-corrected chi connectivity index (χ4v) is 1.14. The zero-order chi connectivity index (χ0) is 14.0. The summed E-state index contributed by atoms with van der Waals surface area (Å²) in [5, 5.41) is 1.59. The van der Waals surface area contributed by atoms with Gasteiger partial charge in [0.2, 0.25) is 0 Å². The predicted molar refractivity (Wildman–Crippen MR) is 81.6 cm³/mol. The molecule has 0 aromatic rings. The van der Waals surface area contributed by atoms with E-state index >= 15 is 0 Å². The Morgan fingerprint density at radius 1 is 1.28 bits per heavy atom. The molecule has 98 valence electrons. The van der Waals surface area contributed by atoms with Crippen LogP contribution in [0.2, 0.25) is 0 Å². The third-order valence-electron chi connectivity index (χ3n) is 2.53. The summed E-state index contributed by atoms with van der Waals surface area (Å²) >= 11 is 0. The van der Waals surface area contributed by atoms with Crippen LogP contribution in [-0.4, -0.2) is 11.6 Å². The Morgan fingerprint density at radius 2 is 1.94 bits per heavy atom. The van der Waals surface area contributed by atoms with Crippen molar-refractivity contribution in [2.24, 2.45) is 11.8 Å². The number of hydrogen-bond acceptors (Lipinski definition) is 2. The SMILES string of the molecule is C=CC(C)C(=C)/C=C\C=C/CN(N)C(=C)/C=C\C. The molecular weight excluding hydrogens is 220 g/mol. The summed E-state index contributed by atoms with van der Waals surface area (Å²) in [6, 6.07) is 0. The molecule has 0 saturated carbocycles. The molecule has 0 aliphatic carbocycles. The van der Waals surface area contributed by atoms with Crippen LogP contribution < -0.4 is 5.84 Å². The van der Waals surface area contributed by atoms with Crippen LogP contribution in [0.15, 0.2) is 73.5 Å². The van der Waals surface area contributed by atoms with E-state index in [0.717, 1.165) is 11.3 Å². The molecule has 2 N–H and O–H groups in total. The van der Waals surface area contributed by atoms with Crippen molar-refractivity contribution in [3.63, 3.8) is 0 Å². The third-order valence-corrected chi connectivity index (χ3v) is 2.53. The molecule has 2 heteroatoms. The predicted octanol–water partition coefficient (Wildman–Crippen LogP) is 3.74. The minimum atomic E-state index is 0.301. The topological polar surface area (TPSA) is 29.3 Å². The molecule has 0 heterocycles. The van der Waals surface area contributed by atoms with Crippen molar-refractivity contribution >= 4 is 0 Å². The van der Waals surface area contributed by atoms with Gasteiger partial charge in [0, 0.05) is 5.70 Å². The Bertz CT molecular complexity index is 373. The van der Waals surface area contributed by atoms with Crippen molar-refractivity contribution in [2.75, 3.05) is 6.54 Å². The van der Waals surface area contributed by atoms with Gasteiger partial charge in [-0.05, 0) is 24.5 Å². The average molecular weight is 244 g/mol. The van der Waals surface area contributed by atoms with Gasteiger partial charge >= 0.3 is 0 Å². The second kappa shape index (κ2) is 9.25. The summed E-state index contributed by atoms with van der Waals surface area (Å²) < 4.78 is 0. The highest BCUT2D eigenvalue weighted by molar-refractivity contribution is 5.24. The highest BCUT2D eigenvalue weighted by atomic mass is 15.4. The van der Waals surface area contributed by atoms with E-state index in [1.165, 1.54) is 0 Å². The lowest BCUT2D eigenvalue weighted by atomic mass is 10.0. The van der Waals surface area contributed by atoms with Gasteiger partial charge in [-0.2, -0.15) is 0 Å². The largest absolute Gasteiger partial charge is 0.308 e. The highest BCUT2D eigenvalue weighted by Gasteiger charge is 1.96. The Balaban J connectivity index is 4.12. The van der Waals surface area contributed by atoms with Gasteiger partial charge in [-0.25, -0.2) is 5.84 Å². The number of nitrogens with two attached hydrogens (primary N) is 1. The van der Waals surface area contributed by atoms with Gasteiger partial charge < -0.3 is 5.01 Å². The summed E-state index contributed by atoms with van der Waals surface area (Å²) in [7, 11) is 0. The summed E-state index contributed by atoms with van der Waals surface area (Å²) in [4.78, 5) is 0. The first-order valence-corrected chi connectivity index (χ1v) is 6.01. The lowest BCUT2D eigenvalue weighted by Crippen LogP contribution is -2.28. The van der Waals surface area contributed by atoms with E-state index < -0.39 is 0 Å². The van der Waals surface area contributed by atoms with Crippen LogP contribution in [0.1, 0.15) is 13.8 Å². The number of rotatable bonds is 8. The van der Waals surface area contributed by atoms with Gasteiger partial charge in [-0.15, -0.1) is 6.58 Å². The smallest absolute Gasteiger partial charge is 0.0525 e. The summed E-state index contributed by atoms with van der Waals surface area (Å²) in [6.45, 7) is 16.2. The van der Waals surface area contributed by atoms with Crippen LogP contribution in [0.4, 0.5) is 0 Å². The molecule has 0 aromatic heterocycles. The Morgan fingerprint density at radius 3 is 2.50 bits per heavy atom. The minimum absolute atomic E-state index is 0.301. The van der Waals surface area contributed by atoms with E-state index in [4.69, 9.17) is 5.84 Å². The number of hydrogen-bond donors (Lipinski definition) is 1. The third kappa shape index (κ3) is 6.71. The molecule has 0 radical (unpaired) electrons. The maximum absolute atomic E-state index is 5.79. The van der Waals surface area contributed by atoms with Gasteiger partial charge in [0.1, 0.15) is 0 Å². The molecular formula is C16H24N2. The zero-order valence-electron chi connectivity index (χ0n) is 11.5. The van der Waals surface area contributed by atoms with Crippen LogP contribution >= 0.6 is 0 Å². The van der Waals surface area contributed by atoms with E-state index in [1.807, 2.05) is 49.5 Å². The molecule has 0 aliphatic heterocycles. The summed E-state index contributed by atoms with van der Waals surface area (Å²) in [5.41, 5.74) is 1.83. The molecule has 18 heavy (non-hydrogen) atoms. The maximum atomic E-state index is 5.79. The van der Waals surface area contributed by atoms with Crippen molar-refractivity contribution in [1.29, 1.82) is 0 Å². The van der Waals surface area contributed by atoms with Gasteiger partial charge in [-0.3, -0.25) is 0 Å². The molecule has 0 aromatic carbocycles. The van der Waals surface area contributed by atoms with Crippen molar-refractivity contribution in [3.05, 3.63) is 73.5 Å². The average Bonchev–Trinajstić information content (AvgIpc) is 2.37. The van der Waals surface area contributed by atoms with Crippen LogP contribution in [-0.2, 0) is 0 Å². The molecule has 0 rings (SSSR count). The van der Waals surface area contributed by atoms with Crippen LogP contribution in [0.25, 0.3) is 0 Å². The maximum Gasteiger partial charge on any atom is 0.0525 e. The van der Waals surface area contributed by atoms with Crippen molar-refractivity contribution < 1.29 is 0 Å². The first kappa shape index (κ1) is 16.2. The summed E-state index contributed by atoms with van der Waals surface area (Å²) in [6.07, 6.45) is 13.5. The quantitative estimate of drug-likeness (QED) is 0.305. The number of allylic oxidation sites excluding steroid dienone is 7. The van der Waals surface area contributed by atoms with E-state index in [-0.39, 0.29) is 0 Å². The summed E-state index contributed by atoms with van der Waals surface area (Å²) in [5.74, 6) is 6.09. The standard InChI is InChI=1S/C16H24N2/c1-6-11-16(5)18(17)13-10-8-9-12-15(4)14(3)7-2/h6-12,14H,2,4-5,13,17H2,1,3H3/b10-8-,11-6-,12-9-. The molecule has 0 aliphatic rings. The van der Waals surface area contributed by atoms with E-state index in [1.54, 1.807) is 5.01 Å². The van der Waals surface area contributed by atoms with Gasteiger partial charge in [0.25, 0.3) is 0 Å². The fraction of sp³-hybridized carbons (Fsp3) is 0.250. The van der Waals surface area contributed by atoms with E-state index in [0.29, 0.717) is 12.5 Å². The van der Waals surface area contributed by atoms with Crippen molar-refractivity contribution in [1.82, 2.24) is 5.01 Å². The van der Waals surface area contributed by atoms with E-state index in [9.17, 15) is 0 Å². The first-order valence-electron chi connectivity index (χ1n) is 6.01. The zero-order valence-corrected chi connectivity index (χ0v) is 11.5. The van der Waals surface area contributed by atoms with Crippen LogP contribution in [0.5, 0.6) is 0 Å². The minimum Gasteiger partial charge on any atom is -0.308 e. The molecule has 2 nitrogen and oxygen atoms in total. The number of nitrogens with zero attached hydrogens (tertiary/aromatic N) is 1. The fourth-order valence-electron chi connectivity index (χ4n) is 1.14. The van der Waals surface area contributed by atoms with Crippen LogP contribution in [0, 0.1) is 5.92 Å². The second-order valence-corrected chi connectivity index (χ2v) is 4.03. The second-order valence-electron chi connectivity index (χ2n) is 4.03. The highest BCUT2D eigenvalue weighted by Crippen LogP contribution is 2.09. The monoisotopic (exact) mass is 244 g/mol. The number of hydrazine groups is 1. The Labute approximate surface area is 111 Å². The molecule has 1 atom stereocenters. The molecule has 0 amide bonds. The Hall–Kier alpha value is -1.80. The van der Waals surface area contributed by atoms with Crippen molar-refractivity contribution in [3.8, 4) is 0 Å². The lowest BCUT2D eigenvalue weighted by Gasteiger charge is -2.15. The first-order chi connectivity index (χ1) is 8.52.